The molecule has 1 aromatic heterocycles. The summed E-state index contributed by atoms with van der Waals surface area (Å²) in [5.74, 6) is 0. The standard InChI is InChI=1S/C10H12N2OS/c13-10-11-5-7-6-3-1-2-4-8(6)14-9(7)12-10/h1-5H2,(H2,11,12,13). The molecule has 2 amide bonds. The maximum Gasteiger partial charge on any atom is 0.320 e. The van der Waals surface area contributed by atoms with E-state index in [2.05, 4.69) is 10.6 Å². The third-order valence-corrected chi connectivity index (χ3v) is 4.18. The minimum absolute atomic E-state index is 0.0592. The molecule has 0 saturated carbocycles. The molecule has 0 unspecified atom stereocenters. The molecule has 2 heterocycles. The third-order valence-electron chi connectivity index (χ3n) is 2.93. The topological polar surface area (TPSA) is 41.1 Å². The Kier molecular flexibility index (Phi) is 1.77. The Morgan fingerprint density at radius 3 is 2.93 bits per heavy atom. The number of anilines is 1. The fraction of sp³-hybridized carbons (Fsp3) is 0.500. The summed E-state index contributed by atoms with van der Waals surface area (Å²) in [5.41, 5.74) is 2.84. The number of rotatable bonds is 0. The Balaban J connectivity index is 2.08. The van der Waals surface area contributed by atoms with Crippen LogP contribution in [-0.4, -0.2) is 6.03 Å². The van der Waals surface area contributed by atoms with Gasteiger partial charge in [0.1, 0.15) is 5.00 Å². The molecule has 0 aromatic carbocycles. The SMILES string of the molecule is O=C1NCc2c(sc3c2CCCC3)N1. The van der Waals surface area contributed by atoms with Crippen molar-refractivity contribution in [2.24, 2.45) is 0 Å². The molecule has 1 aliphatic heterocycles. The van der Waals surface area contributed by atoms with E-state index in [1.807, 2.05) is 0 Å². The van der Waals surface area contributed by atoms with Crippen LogP contribution in [0.4, 0.5) is 9.80 Å². The first-order valence-electron chi connectivity index (χ1n) is 5.03. The quantitative estimate of drug-likeness (QED) is 0.674. The zero-order valence-electron chi connectivity index (χ0n) is 7.85. The molecule has 2 N–H and O–H groups in total. The number of urea groups is 1. The maximum absolute atomic E-state index is 11.1. The van der Waals surface area contributed by atoms with E-state index < -0.39 is 0 Å². The van der Waals surface area contributed by atoms with E-state index >= 15 is 0 Å². The summed E-state index contributed by atoms with van der Waals surface area (Å²) in [6, 6.07) is -0.0592. The lowest BCUT2D eigenvalue weighted by Gasteiger charge is -2.17. The highest BCUT2D eigenvalue weighted by Gasteiger charge is 2.24. The van der Waals surface area contributed by atoms with Crippen LogP contribution in [0.2, 0.25) is 0 Å². The van der Waals surface area contributed by atoms with Gasteiger partial charge in [-0.3, -0.25) is 5.32 Å². The molecule has 1 aliphatic carbocycles. The molecule has 0 radical (unpaired) electrons. The zero-order valence-corrected chi connectivity index (χ0v) is 8.67. The van der Waals surface area contributed by atoms with Gasteiger partial charge in [-0.25, -0.2) is 4.79 Å². The van der Waals surface area contributed by atoms with Crippen molar-refractivity contribution >= 4 is 22.4 Å². The van der Waals surface area contributed by atoms with E-state index in [0.717, 1.165) is 5.00 Å². The minimum Gasteiger partial charge on any atom is -0.334 e. The lowest BCUT2D eigenvalue weighted by atomic mass is 9.95. The molecule has 0 spiro atoms. The van der Waals surface area contributed by atoms with Crippen LogP contribution in [0, 0.1) is 0 Å². The molecular formula is C10H12N2OS. The average Bonchev–Trinajstić information content (AvgIpc) is 2.54. The molecule has 1 aromatic rings. The average molecular weight is 208 g/mol. The predicted octanol–water partition coefficient (Wildman–Crippen LogP) is 2.26. The van der Waals surface area contributed by atoms with E-state index in [9.17, 15) is 4.79 Å². The van der Waals surface area contributed by atoms with Crippen molar-refractivity contribution < 1.29 is 4.79 Å². The number of amides is 2. The number of hydrogen-bond donors (Lipinski definition) is 2. The maximum atomic E-state index is 11.1. The van der Waals surface area contributed by atoms with Crippen LogP contribution >= 0.6 is 11.3 Å². The smallest absolute Gasteiger partial charge is 0.320 e. The van der Waals surface area contributed by atoms with E-state index in [4.69, 9.17) is 0 Å². The zero-order chi connectivity index (χ0) is 9.54. The molecule has 74 valence electrons. The summed E-state index contributed by atoms with van der Waals surface area (Å²) in [6.45, 7) is 0.715. The highest BCUT2D eigenvalue weighted by atomic mass is 32.1. The van der Waals surface area contributed by atoms with Gasteiger partial charge in [0, 0.05) is 17.0 Å². The second-order valence-electron chi connectivity index (χ2n) is 3.83. The lowest BCUT2D eigenvalue weighted by molar-refractivity contribution is 0.251. The summed E-state index contributed by atoms with van der Waals surface area (Å²) < 4.78 is 0. The normalized spacial score (nSPS) is 19.3. The van der Waals surface area contributed by atoms with Crippen molar-refractivity contribution in [3.05, 3.63) is 16.0 Å². The third kappa shape index (κ3) is 1.14. The molecule has 0 atom stereocenters. The molecule has 0 bridgehead atoms. The Labute approximate surface area is 86.5 Å². The van der Waals surface area contributed by atoms with Gasteiger partial charge in [0.2, 0.25) is 0 Å². The van der Waals surface area contributed by atoms with Crippen LogP contribution in [0.15, 0.2) is 0 Å². The van der Waals surface area contributed by atoms with Crippen LogP contribution < -0.4 is 10.6 Å². The number of thiophene rings is 1. The Bertz CT molecular complexity index is 397. The Morgan fingerprint density at radius 1 is 1.14 bits per heavy atom. The molecule has 0 saturated heterocycles. The molecule has 0 fully saturated rings. The number of carbonyl (C=O) groups is 1. The minimum atomic E-state index is -0.0592. The summed E-state index contributed by atoms with van der Waals surface area (Å²) in [6.07, 6.45) is 4.99. The molecule has 14 heavy (non-hydrogen) atoms. The lowest BCUT2D eigenvalue weighted by Crippen LogP contribution is -2.32. The first-order chi connectivity index (χ1) is 6.84. The highest BCUT2D eigenvalue weighted by Crippen LogP contribution is 2.38. The van der Waals surface area contributed by atoms with Crippen LogP contribution in [0.3, 0.4) is 0 Å². The number of fused-ring (bicyclic) bond motifs is 3. The van der Waals surface area contributed by atoms with Crippen LogP contribution in [0.5, 0.6) is 0 Å². The Hall–Kier alpha value is -1.03. The first-order valence-corrected chi connectivity index (χ1v) is 5.84. The number of carbonyl (C=O) groups excluding carboxylic acids is 1. The van der Waals surface area contributed by atoms with Gasteiger partial charge in [-0.2, -0.15) is 0 Å². The Morgan fingerprint density at radius 2 is 2.00 bits per heavy atom. The van der Waals surface area contributed by atoms with Gasteiger partial charge >= 0.3 is 6.03 Å². The summed E-state index contributed by atoms with van der Waals surface area (Å²) in [5, 5.41) is 6.80. The van der Waals surface area contributed by atoms with Gasteiger partial charge in [0.05, 0.1) is 0 Å². The van der Waals surface area contributed by atoms with Gasteiger partial charge in [0.25, 0.3) is 0 Å². The highest BCUT2D eigenvalue weighted by molar-refractivity contribution is 7.16. The molecular weight excluding hydrogens is 196 g/mol. The van der Waals surface area contributed by atoms with Crippen LogP contribution in [0.25, 0.3) is 0 Å². The van der Waals surface area contributed by atoms with E-state index in [0.29, 0.717) is 6.54 Å². The number of hydrogen-bond acceptors (Lipinski definition) is 2. The summed E-state index contributed by atoms with van der Waals surface area (Å²) >= 11 is 1.77. The number of nitrogens with one attached hydrogen (secondary N) is 2. The second kappa shape index (κ2) is 2.98. The fourth-order valence-electron chi connectivity index (χ4n) is 2.24. The molecule has 3 rings (SSSR count). The predicted molar refractivity (Wildman–Crippen MR) is 56.8 cm³/mol. The second-order valence-corrected chi connectivity index (χ2v) is 4.93. The fourth-order valence-corrected chi connectivity index (χ4v) is 3.54. The molecule has 3 nitrogen and oxygen atoms in total. The van der Waals surface area contributed by atoms with Crippen molar-refractivity contribution in [1.82, 2.24) is 5.32 Å². The van der Waals surface area contributed by atoms with Crippen molar-refractivity contribution in [2.45, 2.75) is 32.2 Å². The van der Waals surface area contributed by atoms with Gasteiger partial charge in [-0.15, -0.1) is 11.3 Å². The summed E-state index contributed by atoms with van der Waals surface area (Å²) in [7, 11) is 0. The molecule has 4 heteroatoms. The van der Waals surface area contributed by atoms with Crippen LogP contribution in [0.1, 0.15) is 28.8 Å². The first kappa shape index (κ1) is 8.29. The van der Waals surface area contributed by atoms with Crippen LogP contribution in [-0.2, 0) is 19.4 Å². The van der Waals surface area contributed by atoms with Gasteiger partial charge < -0.3 is 5.32 Å². The van der Waals surface area contributed by atoms with Gasteiger partial charge in [-0.05, 0) is 31.2 Å². The van der Waals surface area contributed by atoms with Gasteiger partial charge in [-0.1, -0.05) is 0 Å². The van der Waals surface area contributed by atoms with E-state index in [-0.39, 0.29) is 6.03 Å². The monoisotopic (exact) mass is 208 g/mol. The van der Waals surface area contributed by atoms with E-state index in [1.165, 1.54) is 41.7 Å². The van der Waals surface area contributed by atoms with Crippen molar-refractivity contribution in [2.75, 3.05) is 5.32 Å². The largest absolute Gasteiger partial charge is 0.334 e. The van der Waals surface area contributed by atoms with Crippen molar-refractivity contribution in [3.8, 4) is 0 Å². The van der Waals surface area contributed by atoms with E-state index in [1.54, 1.807) is 11.3 Å². The summed E-state index contributed by atoms with van der Waals surface area (Å²) in [4.78, 5) is 12.6. The van der Waals surface area contributed by atoms with Crippen molar-refractivity contribution in [3.63, 3.8) is 0 Å². The van der Waals surface area contributed by atoms with Crippen molar-refractivity contribution in [1.29, 1.82) is 0 Å². The van der Waals surface area contributed by atoms with Gasteiger partial charge in [0.15, 0.2) is 0 Å². The number of aryl methyl sites for hydroxylation is 1. The molecule has 2 aliphatic rings.